The predicted molar refractivity (Wildman–Crippen MR) is 44.8 cm³/mol. The summed E-state index contributed by atoms with van der Waals surface area (Å²) in [4.78, 5) is 27.6. The second kappa shape index (κ2) is 17.2. The van der Waals surface area contributed by atoms with Crippen LogP contribution in [-0.2, 0) is 31.5 Å². The van der Waals surface area contributed by atoms with Gasteiger partial charge in [-0.05, 0) is 6.92 Å². The van der Waals surface area contributed by atoms with Crippen molar-refractivity contribution in [2.75, 3.05) is 13.1 Å². The standard InChI is InChI=1S/C3H6O3.2C2H5NO2.Fe/c1-2(4)3(5)6;2*3-1-2(4)5;/h2,4H,1H3,(H,5,6);2*1,3H2,(H,4,5);/q;;;+3/p-3. The van der Waals surface area contributed by atoms with Crippen molar-refractivity contribution in [1.29, 1.82) is 0 Å². The third-order valence-corrected chi connectivity index (χ3v) is 0.674. The number of carbonyl (C=O) groups is 3. The van der Waals surface area contributed by atoms with Crippen molar-refractivity contribution in [3.8, 4) is 0 Å². The molecule has 101 valence electrons. The molecule has 0 saturated carbocycles. The Bertz CT molecular complexity index is 208. The fourth-order valence-corrected chi connectivity index (χ4v) is 0. The fraction of sp³-hybridized carbons (Fsp3) is 0.571. The van der Waals surface area contributed by atoms with Crippen LogP contribution in [0.3, 0.4) is 0 Å². The van der Waals surface area contributed by atoms with Crippen molar-refractivity contribution in [3.05, 3.63) is 0 Å². The monoisotopic (exact) mass is 293 g/mol. The van der Waals surface area contributed by atoms with Crippen LogP contribution in [0.5, 0.6) is 0 Å². The van der Waals surface area contributed by atoms with E-state index in [1.807, 2.05) is 0 Å². The molecule has 0 aromatic heterocycles. The Kier molecular flexibility index (Phi) is 25.2. The SMILES string of the molecule is CC(O)C(=O)[O-].NCC(=O)[O-].NCC(=O)[O-].[Fe+3]. The van der Waals surface area contributed by atoms with Gasteiger partial charge in [0.2, 0.25) is 0 Å². The Hall–Kier alpha value is -1.19. The minimum Gasteiger partial charge on any atom is -0.549 e. The van der Waals surface area contributed by atoms with E-state index in [-0.39, 0.29) is 30.2 Å². The van der Waals surface area contributed by atoms with Gasteiger partial charge in [-0.1, -0.05) is 0 Å². The fourth-order valence-electron chi connectivity index (χ4n) is 0. The second-order valence-corrected chi connectivity index (χ2v) is 2.15. The maximum atomic E-state index is 9.34. The summed E-state index contributed by atoms with van der Waals surface area (Å²) >= 11 is 0. The van der Waals surface area contributed by atoms with Crippen LogP contribution >= 0.6 is 0 Å². The quantitative estimate of drug-likeness (QED) is 0.424. The Balaban J connectivity index is -0.0000000729. The summed E-state index contributed by atoms with van der Waals surface area (Å²) < 4.78 is 0. The van der Waals surface area contributed by atoms with Gasteiger partial charge in [0.1, 0.15) is 0 Å². The van der Waals surface area contributed by atoms with Crippen LogP contribution < -0.4 is 26.8 Å². The molecule has 0 saturated heterocycles. The first-order valence-corrected chi connectivity index (χ1v) is 3.87. The van der Waals surface area contributed by atoms with Gasteiger partial charge in [-0.15, -0.1) is 0 Å². The Morgan fingerprint density at radius 2 is 1.18 bits per heavy atom. The zero-order chi connectivity index (χ0) is 13.7. The average molecular weight is 293 g/mol. The normalized spacial score (nSPS) is 9.18. The summed E-state index contributed by atoms with van der Waals surface area (Å²) in [7, 11) is 0. The number of hydrogen-bond acceptors (Lipinski definition) is 9. The first kappa shape index (κ1) is 24.9. The molecule has 0 rings (SSSR count). The molecule has 0 bridgehead atoms. The van der Waals surface area contributed by atoms with Crippen molar-refractivity contribution in [2.24, 2.45) is 11.5 Å². The molecular weight excluding hydrogens is 280 g/mol. The smallest absolute Gasteiger partial charge is 0.549 e. The van der Waals surface area contributed by atoms with Crippen LogP contribution in [0.4, 0.5) is 0 Å². The first-order chi connectivity index (χ1) is 7.18. The molecule has 1 atom stereocenters. The number of carboxylic acids is 3. The van der Waals surface area contributed by atoms with E-state index in [4.69, 9.17) is 24.9 Å². The average Bonchev–Trinajstić information content (AvgIpc) is 2.19. The molecule has 1 radical (unpaired) electrons. The zero-order valence-corrected chi connectivity index (χ0v) is 10.0. The molecule has 0 aliphatic heterocycles. The molecule has 0 aliphatic carbocycles. The van der Waals surface area contributed by atoms with Crippen LogP contribution in [0, 0.1) is 0 Å². The van der Waals surface area contributed by atoms with Crippen LogP contribution in [0.2, 0.25) is 0 Å². The van der Waals surface area contributed by atoms with Crippen LogP contribution in [-0.4, -0.2) is 42.2 Å². The molecule has 0 amide bonds. The Labute approximate surface area is 108 Å². The van der Waals surface area contributed by atoms with Gasteiger partial charge in [0.25, 0.3) is 0 Å². The van der Waals surface area contributed by atoms with E-state index in [1.54, 1.807) is 0 Å². The molecule has 0 aliphatic rings. The third-order valence-electron chi connectivity index (χ3n) is 0.674. The van der Waals surface area contributed by atoms with Crippen LogP contribution in [0.1, 0.15) is 6.92 Å². The molecule has 0 fully saturated rings. The zero-order valence-electron chi connectivity index (χ0n) is 8.90. The topological polar surface area (TPSA) is 193 Å². The summed E-state index contributed by atoms with van der Waals surface area (Å²) in [5, 5.41) is 35.6. The molecule has 5 N–H and O–H groups in total. The maximum absolute atomic E-state index is 9.34. The van der Waals surface area contributed by atoms with E-state index >= 15 is 0 Å². The molecular formula is C7H13FeN2O7. The molecule has 17 heavy (non-hydrogen) atoms. The molecule has 0 aromatic carbocycles. The molecule has 0 aromatic rings. The van der Waals surface area contributed by atoms with Crippen molar-refractivity contribution in [2.45, 2.75) is 13.0 Å². The van der Waals surface area contributed by atoms with Crippen LogP contribution in [0.25, 0.3) is 0 Å². The van der Waals surface area contributed by atoms with E-state index in [2.05, 4.69) is 11.5 Å². The number of hydrogen-bond donors (Lipinski definition) is 3. The first-order valence-electron chi connectivity index (χ1n) is 3.87. The molecule has 10 heteroatoms. The van der Waals surface area contributed by atoms with Gasteiger partial charge in [0.05, 0.1) is 24.0 Å². The minimum absolute atomic E-state index is 0. The van der Waals surface area contributed by atoms with Gasteiger partial charge in [0, 0.05) is 13.1 Å². The third kappa shape index (κ3) is 52.4. The molecule has 0 spiro atoms. The van der Waals surface area contributed by atoms with Gasteiger partial charge < -0.3 is 46.3 Å². The van der Waals surface area contributed by atoms with E-state index in [1.165, 1.54) is 0 Å². The van der Waals surface area contributed by atoms with E-state index in [9.17, 15) is 9.90 Å². The van der Waals surface area contributed by atoms with Gasteiger partial charge in [-0.2, -0.15) is 0 Å². The summed E-state index contributed by atoms with van der Waals surface area (Å²) in [6.07, 6.45) is -1.34. The van der Waals surface area contributed by atoms with Crippen molar-refractivity contribution in [3.63, 3.8) is 0 Å². The van der Waals surface area contributed by atoms with Gasteiger partial charge in [-0.3, -0.25) is 0 Å². The van der Waals surface area contributed by atoms with E-state index in [0.717, 1.165) is 6.92 Å². The minimum atomic E-state index is -1.44. The van der Waals surface area contributed by atoms with Gasteiger partial charge >= 0.3 is 17.1 Å². The van der Waals surface area contributed by atoms with Crippen LogP contribution in [0.15, 0.2) is 0 Å². The number of nitrogens with two attached hydrogens (primary N) is 2. The Morgan fingerprint density at radius 3 is 1.18 bits per heavy atom. The van der Waals surface area contributed by atoms with Gasteiger partial charge in [0.15, 0.2) is 0 Å². The van der Waals surface area contributed by atoms with E-state index < -0.39 is 24.0 Å². The summed E-state index contributed by atoms with van der Waals surface area (Å²) in [6, 6.07) is 0. The summed E-state index contributed by atoms with van der Waals surface area (Å²) in [5.74, 6) is -3.87. The molecule has 0 heterocycles. The largest absolute Gasteiger partial charge is 3.00 e. The molecule has 9 nitrogen and oxygen atoms in total. The number of carbonyl (C=O) groups excluding carboxylic acids is 3. The number of aliphatic hydroxyl groups excluding tert-OH is 1. The summed E-state index contributed by atoms with van der Waals surface area (Å²) in [6.45, 7) is 0.356. The maximum Gasteiger partial charge on any atom is 3.00 e. The van der Waals surface area contributed by atoms with Crippen molar-refractivity contribution < 1.29 is 51.9 Å². The number of aliphatic carboxylic acids is 3. The second-order valence-electron chi connectivity index (χ2n) is 2.15. The number of carboxylic acid groups (broad SMARTS) is 3. The molecule has 1 unspecified atom stereocenters. The van der Waals surface area contributed by atoms with Crippen molar-refractivity contribution in [1.82, 2.24) is 0 Å². The predicted octanol–water partition coefficient (Wildman–Crippen LogP) is -6.50. The Morgan fingerprint density at radius 1 is 1.06 bits per heavy atom. The number of aliphatic hydroxyl groups is 1. The van der Waals surface area contributed by atoms with E-state index in [0.29, 0.717) is 0 Å². The van der Waals surface area contributed by atoms with Gasteiger partial charge in [-0.25, -0.2) is 0 Å². The number of rotatable bonds is 3. The summed E-state index contributed by atoms with van der Waals surface area (Å²) in [5.41, 5.74) is 9.02. The van der Waals surface area contributed by atoms with Crippen molar-refractivity contribution >= 4 is 17.9 Å².